The minimum Gasteiger partial charge on any atom is -0.493 e. The summed E-state index contributed by atoms with van der Waals surface area (Å²) in [7, 11) is 0. The molecule has 0 aliphatic heterocycles. The average Bonchev–Trinajstić information content (AvgIpc) is 3.34. The lowest BCUT2D eigenvalue weighted by Crippen LogP contribution is -2.00. The maximum atomic E-state index is 6.33. The Labute approximate surface area is 190 Å². The molecule has 6 nitrogen and oxygen atoms in total. The Kier molecular flexibility index (Phi) is 6.53. The van der Waals surface area contributed by atoms with Crippen LogP contribution in [-0.4, -0.2) is 33.0 Å². The minimum atomic E-state index is 0.579. The number of hydrogen-bond donors (Lipinski definition) is 0. The lowest BCUT2D eigenvalue weighted by atomic mass is 10.1. The molecule has 4 rings (SSSR count). The van der Waals surface area contributed by atoms with Crippen LogP contribution in [0.25, 0.3) is 28.5 Å². The highest BCUT2D eigenvalue weighted by molar-refractivity contribution is 7.17. The number of hydrogen-bond acceptors (Lipinski definition) is 6. The van der Waals surface area contributed by atoms with Gasteiger partial charge in [-0.15, -0.1) is 10.2 Å². The zero-order valence-corrected chi connectivity index (χ0v) is 19.2. The van der Waals surface area contributed by atoms with Crippen molar-refractivity contribution in [1.82, 2.24) is 19.8 Å². The van der Waals surface area contributed by atoms with Crippen molar-refractivity contribution in [3.63, 3.8) is 0 Å². The van der Waals surface area contributed by atoms with Crippen LogP contribution in [0.4, 0.5) is 0 Å². The Morgan fingerprint density at radius 3 is 2.52 bits per heavy atom. The molecule has 2 aromatic carbocycles. The first-order chi connectivity index (χ1) is 15.1. The predicted molar refractivity (Wildman–Crippen MR) is 126 cm³/mol. The fourth-order valence-corrected chi connectivity index (χ4v) is 4.23. The lowest BCUT2D eigenvalue weighted by molar-refractivity contribution is 0.320. The van der Waals surface area contributed by atoms with Gasteiger partial charge < -0.3 is 9.47 Å². The van der Waals surface area contributed by atoms with Gasteiger partial charge in [-0.05, 0) is 56.2 Å². The summed E-state index contributed by atoms with van der Waals surface area (Å²) in [6.07, 6.45) is 4.86. The lowest BCUT2D eigenvalue weighted by Gasteiger charge is -2.14. The Morgan fingerprint density at radius 2 is 1.77 bits per heavy atom. The largest absolute Gasteiger partial charge is 0.493 e. The topological polar surface area (TPSA) is 61.5 Å². The summed E-state index contributed by atoms with van der Waals surface area (Å²) in [6, 6.07) is 11.6. The van der Waals surface area contributed by atoms with Crippen LogP contribution in [0.2, 0.25) is 5.02 Å². The molecule has 0 amide bonds. The van der Waals surface area contributed by atoms with E-state index in [1.54, 1.807) is 4.52 Å². The molecule has 0 spiro atoms. The summed E-state index contributed by atoms with van der Waals surface area (Å²) < 4.78 is 13.4. The van der Waals surface area contributed by atoms with Crippen molar-refractivity contribution in [2.45, 2.75) is 27.2 Å². The summed E-state index contributed by atoms with van der Waals surface area (Å²) in [4.78, 5) is 0.709. The van der Waals surface area contributed by atoms with Crippen LogP contribution in [0.15, 0.2) is 36.4 Å². The van der Waals surface area contributed by atoms with Crippen molar-refractivity contribution in [2.75, 3.05) is 13.2 Å². The van der Waals surface area contributed by atoms with Gasteiger partial charge in [-0.1, -0.05) is 42.0 Å². The summed E-state index contributed by atoms with van der Waals surface area (Å²) in [5, 5.41) is 14.6. The molecule has 0 bridgehead atoms. The van der Waals surface area contributed by atoms with E-state index in [0.29, 0.717) is 29.0 Å². The zero-order chi connectivity index (χ0) is 21.8. The van der Waals surface area contributed by atoms with Crippen molar-refractivity contribution in [2.24, 2.45) is 0 Å². The van der Waals surface area contributed by atoms with Gasteiger partial charge in [0.25, 0.3) is 0 Å². The van der Waals surface area contributed by atoms with Crippen LogP contribution in [-0.2, 0) is 6.42 Å². The highest BCUT2D eigenvalue weighted by Gasteiger charge is 2.15. The first-order valence-corrected chi connectivity index (χ1v) is 11.4. The van der Waals surface area contributed by atoms with Gasteiger partial charge in [-0.2, -0.15) is 9.61 Å². The van der Waals surface area contributed by atoms with Gasteiger partial charge in [0, 0.05) is 17.2 Å². The Balaban J connectivity index is 1.69. The quantitative estimate of drug-likeness (QED) is 0.325. The first kappa shape index (κ1) is 21.3. The van der Waals surface area contributed by atoms with Crippen LogP contribution in [0, 0.1) is 0 Å². The number of halogens is 1. The number of fused-ring (bicyclic) bond motifs is 1. The van der Waals surface area contributed by atoms with Crippen molar-refractivity contribution >= 4 is 40.1 Å². The van der Waals surface area contributed by atoms with Crippen molar-refractivity contribution in [3.05, 3.63) is 57.6 Å². The number of ether oxygens (including phenoxy) is 2. The van der Waals surface area contributed by atoms with Crippen LogP contribution >= 0.6 is 22.9 Å². The Morgan fingerprint density at radius 1 is 1.00 bits per heavy atom. The summed E-state index contributed by atoms with van der Waals surface area (Å²) in [5.74, 6) is 2.29. The van der Waals surface area contributed by atoms with E-state index in [2.05, 4.69) is 28.3 Å². The second kappa shape index (κ2) is 9.49. The normalized spacial score (nSPS) is 11.5. The van der Waals surface area contributed by atoms with Gasteiger partial charge in [0.2, 0.25) is 4.96 Å². The molecule has 0 atom stereocenters. The third-order valence-corrected chi connectivity index (χ3v) is 5.89. The fraction of sp³-hybridized carbons (Fsp3) is 0.261. The third-order valence-electron chi connectivity index (χ3n) is 4.70. The highest BCUT2D eigenvalue weighted by Crippen LogP contribution is 2.32. The standard InChI is InChI=1S/C23H23ClN4O2S/c1-4-15-13-16(20(30-6-3)14-19(15)29-5-2)11-12-21-27-28-22(25-26-23(28)31-21)17-9-7-8-10-18(17)24/h7-14H,4-6H2,1-3H3/b12-11+. The Bertz CT molecular complexity index is 1230. The maximum absolute atomic E-state index is 6.33. The molecular formula is C23H23ClN4O2S. The van der Waals surface area contributed by atoms with Crippen LogP contribution in [0.5, 0.6) is 11.5 Å². The van der Waals surface area contributed by atoms with Crippen LogP contribution < -0.4 is 9.47 Å². The molecule has 0 saturated carbocycles. The maximum Gasteiger partial charge on any atom is 0.235 e. The van der Waals surface area contributed by atoms with Crippen molar-refractivity contribution < 1.29 is 9.47 Å². The molecule has 0 N–H and O–H groups in total. The summed E-state index contributed by atoms with van der Waals surface area (Å²) >= 11 is 7.79. The van der Waals surface area contributed by atoms with E-state index in [0.717, 1.165) is 39.6 Å². The second-order valence-corrected chi connectivity index (χ2v) is 8.08. The van der Waals surface area contributed by atoms with Gasteiger partial charge >= 0.3 is 0 Å². The van der Waals surface area contributed by atoms with E-state index in [4.69, 9.17) is 21.1 Å². The molecule has 0 saturated heterocycles. The Hall–Kier alpha value is -2.90. The number of aromatic nitrogens is 4. The number of rotatable bonds is 8. The van der Waals surface area contributed by atoms with Crippen molar-refractivity contribution in [1.29, 1.82) is 0 Å². The molecule has 2 aromatic heterocycles. The molecule has 0 unspecified atom stereocenters. The van der Waals surface area contributed by atoms with Gasteiger partial charge in [-0.3, -0.25) is 0 Å². The molecule has 4 aromatic rings. The SMILES string of the molecule is CCOc1cc(OCC)c(CC)cc1/C=C/c1nn2c(-c3ccccc3Cl)nnc2s1. The molecule has 31 heavy (non-hydrogen) atoms. The monoisotopic (exact) mass is 454 g/mol. The molecule has 0 fully saturated rings. The molecule has 8 heteroatoms. The summed E-state index contributed by atoms with van der Waals surface area (Å²) in [5.41, 5.74) is 2.93. The first-order valence-electron chi connectivity index (χ1n) is 10.2. The van der Waals surface area contributed by atoms with Crippen LogP contribution in [0.1, 0.15) is 36.9 Å². The molecule has 0 aliphatic rings. The average molecular weight is 455 g/mol. The number of nitrogens with zero attached hydrogens (tertiary/aromatic N) is 4. The van der Waals surface area contributed by atoms with Gasteiger partial charge in [0.1, 0.15) is 16.5 Å². The van der Waals surface area contributed by atoms with Crippen LogP contribution in [0.3, 0.4) is 0 Å². The van der Waals surface area contributed by atoms with E-state index in [-0.39, 0.29) is 0 Å². The predicted octanol–water partition coefficient (Wildman–Crippen LogP) is 6.04. The van der Waals surface area contributed by atoms with E-state index in [9.17, 15) is 0 Å². The molecule has 160 valence electrons. The number of aryl methyl sites for hydroxylation is 1. The van der Waals surface area contributed by atoms with Gasteiger partial charge in [-0.25, -0.2) is 0 Å². The van der Waals surface area contributed by atoms with E-state index in [1.165, 1.54) is 11.3 Å². The number of benzene rings is 2. The smallest absolute Gasteiger partial charge is 0.235 e. The molecule has 2 heterocycles. The van der Waals surface area contributed by atoms with E-state index in [1.807, 2.05) is 56.3 Å². The second-order valence-electron chi connectivity index (χ2n) is 6.69. The molecular weight excluding hydrogens is 432 g/mol. The minimum absolute atomic E-state index is 0.579. The molecule has 0 radical (unpaired) electrons. The van der Waals surface area contributed by atoms with E-state index < -0.39 is 0 Å². The third kappa shape index (κ3) is 4.43. The van der Waals surface area contributed by atoms with Gasteiger partial charge in [0.15, 0.2) is 5.82 Å². The highest BCUT2D eigenvalue weighted by atomic mass is 35.5. The van der Waals surface area contributed by atoms with Crippen molar-refractivity contribution in [3.8, 4) is 22.9 Å². The van der Waals surface area contributed by atoms with Gasteiger partial charge in [0.05, 0.1) is 18.2 Å². The van der Waals surface area contributed by atoms with E-state index >= 15 is 0 Å². The fourth-order valence-electron chi connectivity index (χ4n) is 3.27. The molecule has 0 aliphatic carbocycles. The zero-order valence-electron chi connectivity index (χ0n) is 17.6. The summed E-state index contributed by atoms with van der Waals surface area (Å²) in [6.45, 7) is 7.27.